The summed E-state index contributed by atoms with van der Waals surface area (Å²) < 4.78 is 5.44. The first kappa shape index (κ1) is 13.1. The van der Waals surface area contributed by atoms with Crippen molar-refractivity contribution in [2.75, 3.05) is 0 Å². The van der Waals surface area contributed by atoms with Gasteiger partial charge in [-0.05, 0) is 37.5 Å². The molecule has 2 unspecified atom stereocenters. The maximum atomic E-state index is 6.36. The van der Waals surface area contributed by atoms with E-state index in [2.05, 4.69) is 17.1 Å². The predicted molar refractivity (Wildman–Crippen MR) is 73.5 cm³/mol. The third kappa shape index (κ3) is 2.83. The zero-order valence-electron chi connectivity index (χ0n) is 11.9. The molecule has 19 heavy (non-hydrogen) atoms. The van der Waals surface area contributed by atoms with Crippen molar-refractivity contribution in [3.63, 3.8) is 0 Å². The van der Waals surface area contributed by atoms with Gasteiger partial charge in [0.25, 0.3) is 0 Å². The van der Waals surface area contributed by atoms with Crippen molar-refractivity contribution in [1.29, 1.82) is 0 Å². The summed E-state index contributed by atoms with van der Waals surface area (Å²) in [4.78, 5) is 4.58. The van der Waals surface area contributed by atoms with Crippen LogP contribution in [0.5, 0.6) is 0 Å². The fourth-order valence-corrected chi connectivity index (χ4v) is 3.76. The first-order valence-corrected chi connectivity index (χ1v) is 7.78. The van der Waals surface area contributed by atoms with Gasteiger partial charge in [-0.3, -0.25) is 0 Å². The minimum atomic E-state index is -0.318. The van der Waals surface area contributed by atoms with Crippen LogP contribution in [0.4, 0.5) is 0 Å². The van der Waals surface area contributed by atoms with E-state index >= 15 is 0 Å². The van der Waals surface area contributed by atoms with Gasteiger partial charge < -0.3 is 10.3 Å². The van der Waals surface area contributed by atoms with Gasteiger partial charge in [-0.1, -0.05) is 37.8 Å². The van der Waals surface area contributed by atoms with E-state index in [1.165, 1.54) is 38.5 Å². The van der Waals surface area contributed by atoms with Gasteiger partial charge in [0.2, 0.25) is 5.89 Å². The molecule has 2 atom stereocenters. The Bertz CT molecular complexity index is 423. The second kappa shape index (κ2) is 5.23. The van der Waals surface area contributed by atoms with Crippen molar-refractivity contribution < 1.29 is 4.52 Å². The summed E-state index contributed by atoms with van der Waals surface area (Å²) in [6.07, 6.45) is 10.6. The summed E-state index contributed by atoms with van der Waals surface area (Å²) in [6, 6.07) is 0. The molecule has 4 nitrogen and oxygen atoms in total. The van der Waals surface area contributed by atoms with Gasteiger partial charge >= 0.3 is 0 Å². The molecule has 0 spiro atoms. The van der Waals surface area contributed by atoms with Crippen LogP contribution >= 0.6 is 0 Å². The minimum absolute atomic E-state index is 0.318. The van der Waals surface area contributed by atoms with Crippen LogP contribution < -0.4 is 5.73 Å². The Morgan fingerprint density at radius 1 is 1.26 bits per heavy atom. The van der Waals surface area contributed by atoms with Gasteiger partial charge in [-0.25, -0.2) is 0 Å². The summed E-state index contributed by atoms with van der Waals surface area (Å²) in [7, 11) is 0. The number of nitrogens with zero attached hydrogens (tertiary/aromatic N) is 2. The molecule has 3 rings (SSSR count). The fourth-order valence-electron chi connectivity index (χ4n) is 3.76. The molecule has 0 radical (unpaired) electrons. The lowest BCUT2D eigenvalue weighted by Crippen LogP contribution is -2.34. The van der Waals surface area contributed by atoms with Crippen molar-refractivity contribution in [2.24, 2.45) is 17.6 Å². The summed E-state index contributed by atoms with van der Waals surface area (Å²) in [5, 5.41) is 4.14. The van der Waals surface area contributed by atoms with Crippen LogP contribution in [0.15, 0.2) is 4.52 Å². The Morgan fingerprint density at radius 2 is 2.05 bits per heavy atom. The van der Waals surface area contributed by atoms with Gasteiger partial charge in [0.15, 0.2) is 5.82 Å². The average Bonchev–Trinajstić information content (AvgIpc) is 2.99. The zero-order valence-corrected chi connectivity index (χ0v) is 11.9. The summed E-state index contributed by atoms with van der Waals surface area (Å²) >= 11 is 0. The molecule has 0 bridgehead atoms. The van der Waals surface area contributed by atoms with Crippen molar-refractivity contribution in [1.82, 2.24) is 10.1 Å². The molecular weight excluding hydrogens is 238 g/mol. The van der Waals surface area contributed by atoms with Crippen LogP contribution in [0.2, 0.25) is 0 Å². The Kier molecular flexibility index (Phi) is 3.61. The minimum Gasteiger partial charge on any atom is -0.339 e. The molecular formula is C15H25N3O. The van der Waals surface area contributed by atoms with E-state index in [1.54, 1.807) is 0 Å². The number of aromatic nitrogens is 2. The monoisotopic (exact) mass is 263 g/mol. The molecule has 1 aromatic rings. The normalized spacial score (nSPS) is 30.6. The number of hydrogen-bond acceptors (Lipinski definition) is 4. The van der Waals surface area contributed by atoms with E-state index in [1.807, 2.05) is 0 Å². The largest absolute Gasteiger partial charge is 0.339 e. The molecule has 4 heteroatoms. The standard InChI is InChI=1S/C15H25N3O/c1-11-5-4-6-12(9-11)10-13-17-14(18-19-13)15(16)7-2-3-8-15/h11-12H,2-10,16H2,1H3. The highest BCUT2D eigenvalue weighted by atomic mass is 16.5. The molecule has 2 fully saturated rings. The van der Waals surface area contributed by atoms with E-state index < -0.39 is 0 Å². The van der Waals surface area contributed by atoms with Crippen LogP contribution in [0.3, 0.4) is 0 Å². The molecule has 2 N–H and O–H groups in total. The van der Waals surface area contributed by atoms with Crippen LogP contribution in [0.1, 0.15) is 70.0 Å². The Labute approximate surface area is 115 Å². The highest BCUT2D eigenvalue weighted by Gasteiger charge is 2.36. The van der Waals surface area contributed by atoms with Gasteiger partial charge in [-0.2, -0.15) is 4.98 Å². The highest BCUT2D eigenvalue weighted by molar-refractivity contribution is 5.06. The molecule has 0 saturated heterocycles. The lowest BCUT2D eigenvalue weighted by molar-refractivity contribution is 0.256. The predicted octanol–water partition coefficient (Wildman–Crippen LogP) is 3.17. The smallest absolute Gasteiger partial charge is 0.226 e. The number of nitrogens with two attached hydrogens (primary N) is 1. The van der Waals surface area contributed by atoms with Crippen LogP contribution in [-0.2, 0) is 12.0 Å². The highest BCUT2D eigenvalue weighted by Crippen LogP contribution is 2.35. The quantitative estimate of drug-likeness (QED) is 0.909. The third-order valence-corrected chi connectivity index (χ3v) is 4.92. The van der Waals surface area contributed by atoms with E-state index in [-0.39, 0.29) is 5.54 Å². The van der Waals surface area contributed by atoms with Gasteiger partial charge in [-0.15, -0.1) is 0 Å². The van der Waals surface area contributed by atoms with Crippen LogP contribution in [0.25, 0.3) is 0 Å². The van der Waals surface area contributed by atoms with Crippen molar-refractivity contribution >= 4 is 0 Å². The van der Waals surface area contributed by atoms with E-state index in [4.69, 9.17) is 10.3 Å². The lowest BCUT2D eigenvalue weighted by atomic mass is 9.81. The SMILES string of the molecule is CC1CCCC(Cc2nc(C3(N)CCCC3)no2)C1. The first-order valence-electron chi connectivity index (χ1n) is 7.78. The van der Waals surface area contributed by atoms with Gasteiger partial charge in [0.1, 0.15) is 0 Å². The Balaban J connectivity index is 1.64. The molecule has 0 aliphatic heterocycles. The number of rotatable bonds is 3. The second-order valence-electron chi connectivity index (χ2n) is 6.72. The Morgan fingerprint density at radius 3 is 2.79 bits per heavy atom. The van der Waals surface area contributed by atoms with E-state index in [0.717, 1.165) is 36.9 Å². The summed E-state index contributed by atoms with van der Waals surface area (Å²) in [5.41, 5.74) is 6.05. The molecule has 106 valence electrons. The van der Waals surface area contributed by atoms with Crippen LogP contribution in [0, 0.1) is 11.8 Å². The summed E-state index contributed by atoms with van der Waals surface area (Å²) in [5.74, 6) is 3.10. The van der Waals surface area contributed by atoms with Gasteiger partial charge in [0.05, 0.1) is 5.54 Å². The molecule has 2 aliphatic carbocycles. The average molecular weight is 263 g/mol. The van der Waals surface area contributed by atoms with E-state index in [9.17, 15) is 0 Å². The van der Waals surface area contributed by atoms with Crippen molar-refractivity contribution in [3.8, 4) is 0 Å². The fraction of sp³-hybridized carbons (Fsp3) is 0.867. The molecule has 0 amide bonds. The third-order valence-electron chi connectivity index (χ3n) is 4.92. The topological polar surface area (TPSA) is 64.9 Å². The maximum Gasteiger partial charge on any atom is 0.226 e. The molecule has 2 saturated carbocycles. The zero-order chi connectivity index (χ0) is 13.3. The molecule has 1 heterocycles. The van der Waals surface area contributed by atoms with Gasteiger partial charge in [0, 0.05) is 6.42 Å². The first-order chi connectivity index (χ1) is 9.16. The Hall–Kier alpha value is -0.900. The lowest BCUT2D eigenvalue weighted by Gasteiger charge is -2.25. The molecule has 1 aromatic heterocycles. The number of hydrogen-bond donors (Lipinski definition) is 1. The van der Waals surface area contributed by atoms with Crippen molar-refractivity contribution in [3.05, 3.63) is 11.7 Å². The maximum absolute atomic E-state index is 6.36. The van der Waals surface area contributed by atoms with Crippen LogP contribution in [-0.4, -0.2) is 10.1 Å². The molecule has 0 aromatic carbocycles. The second-order valence-corrected chi connectivity index (χ2v) is 6.72. The van der Waals surface area contributed by atoms with Crippen molar-refractivity contribution in [2.45, 2.75) is 70.3 Å². The summed E-state index contributed by atoms with van der Waals surface area (Å²) in [6.45, 7) is 2.35. The van der Waals surface area contributed by atoms with E-state index in [0.29, 0.717) is 5.92 Å². The molecule has 2 aliphatic rings.